The average Bonchev–Trinajstić information content (AvgIpc) is 3.17. The zero-order valence-corrected chi connectivity index (χ0v) is 18.7. The van der Waals surface area contributed by atoms with Crippen LogP contribution in [0.2, 0.25) is 0 Å². The monoisotopic (exact) mass is 490 g/mol. The van der Waals surface area contributed by atoms with Crippen LogP contribution in [0.1, 0.15) is 21.5 Å². The summed E-state index contributed by atoms with van der Waals surface area (Å²) in [6.45, 7) is -2.73. The number of methoxy groups -OCH3 is 1. The number of fused-ring (bicyclic) bond motifs is 1. The summed E-state index contributed by atoms with van der Waals surface area (Å²) in [6.07, 6.45) is 0. The number of nitrogens with one attached hydrogen (secondary N) is 1. The van der Waals surface area contributed by atoms with E-state index in [1.165, 1.54) is 37.4 Å². The fourth-order valence-corrected chi connectivity index (χ4v) is 4.14. The third-order valence-electron chi connectivity index (χ3n) is 5.23. The molecular formula is C23H20F2N2O6S. The molecular weight excluding hydrogens is 470 g/mol. The number of alkyl halides is 2. The molecule has 0 bridgehead atoms. The Morgan fingerprint density at radius 2 is 1.74 bits per heavy atom. The van der Waals surface area contributed by atoms with E-state index in [0.29, 0.717) is 28.8 Å². The molecule has 178 valence electrons. The van der Waals surface area contributed by atoms with E-state index in [1.807, 2.05) is 6.07 Å². The van der Waals surface area contributed by atoms with Crippen LogP contribution in [0.3, 0.4) is 0 Å². The molecule has 0 spiro atoms. The molecule has 3 aromatic carbocycles. The zero-order chi connectivity index (χ0) is 24.5. The van der Waals surface area contributed by atoms with Crippen LogP contribution in [0.15, 0.2) is 59.5 Å². The van der Waals surface area contributed by atoms with E-state index in [2.05, 4.69) is 10.1 Å². The van der Waals surface area contributed by atoms with Gasteiger partial charge in [-0.15, -0.1) is 0 Å². The van der Waals surface area contributed by atoms with E-state index >= 15 is 0 Å². The third kappa shape index (κ3) is 4.80. The number of hydrogen-bond donors (Lipinski definition) is 2. The molecule has 1 amide bonds. The van der Waals surface area contributed by atoms with E-state index in [4.69, 9.17) is 14.6 Å². The predicted octanol–water partition coefficient (Wildman–Crippen LogP) is 3.43. The number of primary sulfonamides is 1. The van der Waals surface area contributed by atoms with Crippen molar-refractivity contribution in [2.45, 2.75) is 24.7 Å². The Hall–Kier alpha value is -3.70. The molecule has 0 saturated heterocycles. The van der Waals surface area contributed by atoms with E-state index < -0.39 is 16.6 Å². The zero-order valence-electron chi connectivity index (χ0n) is 17.9. The van der Waals surface area contributed by atoms with E-state index in [-0.39, 0.29) is 34.7 Å². The van der Waals surface area contributed by atoms with Gasteiger partial charge in [0.15, 0.2) is 11.5 Å². The van der Waals surface area contributed by atoms with Crippen molar-refractivity contribution in [3.05, 3.63) is 71.3 Å². The summed E-state index contributed by atoms with van der Waals surface area (Å²) >= 11 is 0. The quantitative estimate of drug-likeness (QED) is 0.500. The maximum absolute atomic E-state index is 12.9. The molecule has 8 nitrogen and oxygen atoms in total. The van der Waals surface area contributed by atoms with E-state index in [9.17, 15) is 22.0 Å². The van der Waals surface area contributed by atoms with Gasteiger partial charge in [-0.25, -0.2) is 13.6 Å². The topological polar surface area (TPSA) is 117 Å². The predicted molar refractivity (Wildman–Crippen MR) is 118 cm³/mol. The fraction of sp³-hybridized carbons (Fsp3) is 0.174. The molecule has 0 unspecified atom stereocenters. The molecule has 0 aliphatic carbocycles. The first kappa shape index (κ1) is 23.5. The Morgan fingerprint density at radius 3 is 2.38 bits per heavy atom. The van der Waals surface area contributed by atoms with Crippen molar-refractivity contribution in [1.82, 2.24) is 5.32 Å². The highest BCUT2D eigenvalue weighted by Crippen LogP contribution is 2.45. The number of ether oxygens (including phenoxy) is 3. The lowest BCUT2D eigenvalue weighted by molar-refractivity contribution is -0.0513. The highest BCUT2D eigenvalue weighted by Gasteiger charge is 2.23. The van der Waals surface area contributed by atoms with Crippen LogP contribution >= 0.6 is 0 Å². The van der Waals surface area contributed by atoms with Crippen LogP contribution in [0.5, 0.6) is 17.2 Å². The van der Waals surface area contributed by atoms with Crippen LogP contribution in [-0.4, -0.2) is 28.0 Å². The molecule has 1 heterocycles. The summed E-state index contributed by atoms with van der Waals surface area (Å²) < 4.78 is 64.7. The molecule has 0 aromatic heterocycles. The van der Waals surface area contributed by atoms with Gasteiger partial charge in [0, 0.05) is 17.7 Å². The van der Waals surface area contributed by atoms with Crippen molar-refractivity contribution in [1.29, 1.82) is 0 Å². The Balaban J connectivity index is 1.73. The molecule has 1 aliphatic rings. The van der Waals surface area contributed by atoms with Crippen LogP contribution < -0.4 is 24.7 Å². The SMILES string of the molecule is COc1c(OC(F)F)ccc(-c2ccc3c(c2)CNC3=O)c1OCc1ccc(S(N)(=O)=O)cc1. The highest BCUT2D eigenvalue weighted by molar-refractivity contribution is 7.89. The second-order valence-electron chi connectivity index (χ2n) is 7.38. The summed E-state index contributed by atoms with van der Waals surface area (Å²) in [5, 5.41) is 7.86. The molecule has 1 aliphatic heterocycles. The molecule has 4 rings (SSSR count). The summed E-state index contributed by atoms with van der Waals surface area (Å²) in [6, 6.07) is 13.9. The lowest BCUT2D eigenvalue weighted by atomic mass is 9.99. The Kier molecular flexibility index (Phi) is 6.40. The molecule has 3 aromatic rings. The molecule has 0 radical (unpaired) electrons. The minimum atomic E-state index is -3.84. The van der Waals surface area contributed by atoms with E-state index in [0.717, 1.165) is 5.56 Å². The van der Waals surface area contributed by atoms with Gasteiger partial charge in [-0.1, -0.05) is 18.2 Å². The van der Waals surface area contributed by atoms with Gasteiger partial charge in [0.2, 0.25) is 15.8 Å². The van der Waals surface area contributed by atoms with Crippen LogP contribution in [0.25, 0.3) is 11.1 Å². The standard InChI is InChI=1S/C23H20F2N2O6S/c1-31-21-19(33-23(24)25)9-8-17(14-4-7-18-15(10-14)11-27-22(18)28)20(21)32-12-13-2-5-16(6-3-13)34(26,29)30/h2-10,23H,11-12H2,1H3,(H,27,28)(H2,26,29,30). The first-order valence-corrected chi connectivity index (χ1v) is 11.5. The van der Waals surface area contributed by atoms with Crippen LogP contribution in [-0.2, 0) is 23.2 Å². The van der Waals surface area contributed by atoms with Gasteiger partial charge in [-0.05, 0) is 53.1 Å². The maximum atomic E-state index is 12.9. The van der Waals surface area contributed by atoms with Gasteiger partial charge >= 0.3 is 6.61 Å². The number of carbonyl (C=O) groups is 1. The third-order valence-corrected chi connectivity index (χ3v) is 6.16. The molecule has 0 fully saturated rings. The maximum Gasteiger partial charge on any atom is 0.387 e. The number of sulfonamides is 1. The first-order chi connectivity index (χ1) is 16.2. The largest absolute Gasteiger partial charge is 0.490 e. The van der Waals surface area contributed by atoms with Gasteiger partial charge in [-0.2, -0.15) is 8.78 Å². The van der Waals surface area contributed by atoms with Gasteiger partial charge in [0.25, 0.3) is 5.91 Å². The molecule has 11 heteroatoms. The molecule has 0 saturated carbocycles. The number of amides is 1. The van der Waals surface area contributed by atoms with Crippen molar-refractivity contribution in [2.24, 2.45) is 5.14 Å². The highest BCUT2D eigenvalue weighted by atomic mass is 32.2. The number of carbonyl (C=O) groups excluding carboxylic acids is 1. The van der Waals surface area contributed by atoms with Gasteiger partial charge < -0.3 is 19.5 Å². The summed E-state index contributed by atoms with van der Waals surface area (Å²) in [7, 11) is -2.54. The normalized spacial score (nSPS) is 12.9. The van der Waals surface area contributed by atoms with E-state index in [1.54, 1.807) is 18.2 Å². The second-order valence-corrected chi connectivity index (χ2v) is 8.95. The molecule has 3 N–H and O–H groups in total. The first-order valence-electron chi connectivity index (χ1n) is 9.99. The number of hydrogen-bond acceptors (Lipinski definition) is 6. The number of nitrogens with two attached hydrogens (primary N) is 1. The fourth-order valence-electron chi connectivity index (χ4n) is 3.63. The number of rotatable bonds is 8. The van der Waals surface area contributed by atoms with Gasteiger partial charge in [0.05, 0.1) is 12.0 Å². The van der Waals surface area contributed by atoms with Crippen molar-refractivity contribution in [3.8, 4) is 28.4 Å². The summed E-state index contributed by atoms with van der Waals surface area (Å²) in [5.41, 5.74) is 3.16. The Labute approximate surface area is 194 Å². The summed E-state index contributed by atoms with van der Waals surface area (Å²) in [5.74, 6) is -0.264. The second kappa shape index (κ2) is 9.27. The Morgan fingerprint density at radius 1 is 1.03 bits per heavy atom. The summed E-state index contributed by atoms with van der Waals surface area (Å²) in [4.78, 5) is 11.8. The van der Waals surface area contributed by atoms with Gasteiger partial charge in [-0.3, -0.25) is 4.79 Å². The molecule has 0 atom stereocenters. The number of halogens is 2. The van der Waals surface area contributed by atoms with Gasteiger partial charge in [0.1, 0.15) is 6.61 Å². The van der Waals surface area contributed by atoms with Crippen LogP contribution in [0.4, 0.5) is 8.78 Å². The Bertz CT molecular complexity index is 1340. The van der Waals surface area contributed by atoms with Crippen LogP contribution in [0, 0.1) is 0 Å². The smallest absolute Gasteiger partial charge is 0.387 e. The lowest BCUT2D eigenvalue weighted by Crippen LogP contribution is -2.12. The van der Waals surface area contributed by atoms with Crippen molar-refractivity contribution in [2.75, 3.05) is 7.11 Å². The number of benzene rings is 3. The van der Waals surface area contributed by atoms with Crippen molar-refractivity contribution < 1.29 is 36.2 Å². The van der Waals surface area contributed by atoms with Crippen molar-refractivity contribution >= 4 is 15.9 Å². The minimum Gasteiger partial charge on any atom is -0.490 e. The average molecular weight is 490 g/mol. The lowest BCUT2D eigenvalue weighted by Gasteiger charge is -2.19. The van der Waals surface area contributed by atoms with Crippen molar-refractivity contribution in [3.63, 3.8) is 0 Å². The molecule has 34 heavy (non-hydrogen) atoms. The minimum absolute atomic E-state index is 0.0304.